The number of hydrogen-bond donors (Lipinski definition) is 2. The Balaban J connectivity index is 1.68. The molecular weight excluding hydrogens is 410 g/mol. The van der Waals surface area contributed by atoms with Crippen molar-refractivity contribution in [2.75, 3.05) is 11.1 Å². The second-order valence-electron chi connectivity index (χ2n) is 6.09. The van der Waals surface area contributed by atoms with Crippen LogP contribution in [-0.2, 0) is 21.1 Å². The summed E-state index contributed by atoms with van der Waals surface area (Å²) in [5, 5.41) is 2.95. The molecule has 3 rings (SSSR count). The number of aromatic amines is 1. The van der Waals surface area contributed by atoms with Gasteiger partial charge in [0.2, 0.25) is 15.7 Å². The molecule has 9 heteroatoms. The van der Waals surface area contributed by atoms with Crippen LogP contribution in [0.5, 0.6) is 0 Å². The van der Waals surface area contributed by atoms with Gasteiger partial charge in [0.1, 0.15) is 0 Å². The van der Waals surface area contributed by atoms with Crippen molar-refractivity contribution < 1.29 is 13.2 Å². The number of nitrogens with one attached hydrogen (secondary N) is 2. The summed E-state index contributed by atoms with van der Waals surface area (Å²) in [6.07, 6.45) is 1.88. The molecule has 0 spiro atoms. The maximum absolute atomic E-state index is 12.6. The lowest BCUT2D eigenvalue weighted by atomic mass is 10.1. The summed E-state index contributed by atoms with van der Waals surface area (Å²) in [6.45, 7) is 2.03. The lowest BCUT2D eigenvalue weighted by Crippen LogP contribution is -2.20. The van der Waals surface area contributed by atoms with Crippen LogP contribution < -0.4 is 10.9 Å². The van der Waals surface area contributed by atoms with Gasteiger partial charge in [-0.05, 0) is 36.2 Å². The number of amides is 1. The van der Waals surface area contributed by atoms with Gasteiger partial charge in [-0.25, -0.2) is 13.4 Å². The van der Waals surface area contributed by atoms with Gasteiger partial charge in [-0.2, -0.15) is 0 Å². The highest BCUT2D eigenvalue weighted by Crippen LogP contribution is 2.18. The van der Waals surface area contributed by atoms with Crippen molar-refractivity contribution in [1.29, 1.82) is 0 Å². The van der Waals surface area contributed by atoms with Crippen LogP contribution in [0.2, 0.25) is 0 Å². The Kier molecular flexibility index (Phi) is 6.50. The number of rotatable bonds is 7. The van der Waals surface area contributed by atoms with Gasteiger partial charge in [-0.15, -0.1) is 0 Å². The zero-order valence-electron chi connectivity index (χ0n) is 15.6. The van der Waals surface area contributed by atoms with Gasteiger partial charge in [0.15, 0.2) is 10.1 Å². The number of carbonyl (C=O) groups excluding carboxylic acids is 1. The van der Waals surface area contributed by atoms with E-state index in [0.717, 1.165) is 29.9 Å². The summed E-state index contributed by atoms with van der Waals surface area (Å²) >= 11 is 1.01. The van der Waals surface area contributed by atoms with E-state index in [9.17, 15) is 18.0 Å². The fraction of sp³-hybridized carbons (Fsp3) is 0.150. The average Bonchev–Trinajstić information content (AvgIpc) is 2.73. The van der Waals surface area contributed by atoms with Crippen LogP contribution in [0.25, 0.3) is 0 Å². The molecule has 1 amide bonds. The van der Waals surface area contributed by atoms with Gasteiger partial charge in [0.05, 0.1) is 16.8 Å². The summed E-state index contributed by atoms with van der Waals surface area (Å²) < 4.78 is 25.1. The molecule has 29 heavy (non-hydrogen) atoms. The monoisotopic (exact) mass is 429 g/mol. The summed E-state index contributed by atoms with van der Waals surface area (Å²) in [6, 6.07) is 15.2. The highest BCUT2D eigenvalue weighted by Gasteiger charge is 2.22. The fourth-order valence-electron chi connectivity index (χ4n) is 2.56. The fourth-order valence-corrected chi connectivity index (χ4v) is 4.45. The minimum absolute atomic E-state index is 0.0152. The molecule has 0 saturated heterocycles. The highest BCUT2D eigenvalue weighted by molar-refractivity contribution is 7.99. The van der Waals surface area contributed by atoms with Crippen molar-refractivity contribution in [3.63, 3.8) is 0 Å². The van der Waals surface area contributed by atoms with Gasteiger partial charge in [-0.1, -0.05) is 49.0 Å². The molecule has 2 N–H and O–H groups in total. The Morgan fingerprint density at radius 3 is 2.59 bits per heavy atom. The van der Waals surface area contributed by atoms with Gasteiger partial charge >= 0.3 is 0 Å². The molecule has 0 bridgehead atoms. The summed E-state index contributed by atoms with van der Waals surface area (Å²) in [5.41, 5.74) is 1.03. The van der Waals surface area contributed by atoms with Gasteiger partial charge in [0.25, 0.3) is 5.56 Å². The van der Waals surface area contributed by atoms with E-state index in [-0.39, 0.29) is 21.7 Å². The van der Waals surface area contributed by atoms with E-state index < -0.39 is 20.3 Å². The van der Waals surface area contributed by atoms with E-state index in [4.69, 9.17) is 0 Å². The number of carbonyl (C=O) groups is 1. The number of nitrogens with zero attached hydrogens (tertiary/aromatic N) is 1. The summed E-state index contributed by atoms with van der Waals surface area (Å²) in [7, 11) is -3.96. The molecule has 0 aliphatic rings. The van der Waals surface area contributed by atoms with Crippen LogP contribution in [0.3, 0.4) is 0 Å². The molecule has 7 nitrogen and oxygen atoms in total. The number of H-pyrrole nitrogens is 1. The molecule has 1 heterocycles. The van der Waals surface area contributed by atoms with Crippen molar-refractivity contribution >= 4 is 33.2 Å². The number of thioether (sulfide) groups is 1. The highest BCUT2D eigenvalue weighted by atomic mass is 32.2. The van der Waals surface area contributed by atoms with Gasteiger partial charge < -0.3 is 10.3 Å². The van der Waals surface area contributed by atoms with Crippen molar-refractivity contribution in [1.82, 2.24) is 9.97 Å². The molecular formula is C20H19N3O4S2. The Bertz CT molecular complexity index is 1180. The number of benzene rings is 2. The Hall–Kier alpha value is -2.91. The lowest BCUT2D eigenvalue weighted by Gasteiger charge is -2.07. The SMILES string of the molecule is CCc1cccc(NC(=O)CSc2ncc(S(=O)(=O)c3ccccc3)c(=O)[nH]2)c1. The number of aryl methyl sites for hydroxylation is 1. The van der Waals surface area contributed by atoms with E-state index >= 15 is 0 Å². The van der Waals surface area contributed by atoms with E-state index in [1.807, 2.05) is 25.1 Å². The lowest BCUT2D eigenvalue weighted by molar-refractivity contribution is -0.113. The van der Waals surface area contributed by atoms with Crippen molar-refractivity contribution in [3.8, 4) is 0 Å². The first kappa shape index (κ1) is 20.8. The summed E-state index contributed by atoms with van der Waals surface area (Å²) in [4.78, 5) is 30.4. The molecule has 3 aromatic rings. The third kappa shape index (κ3) is 5.12. The molecule has 0 radical (unpaired) electrons. The van der Waals surface area contributed by atoms with Crippen molar-refractivity contribution in [2.45, 2.75) is 28.3 Å². The van der Waals surface area contributed by atoms with Crippen LogP contribution in [0, 0.1) is 0 Å². The second-order valence-corrected chi connectivity index (χ2v) is 8.97. The zero-order valence-corrected chi connectivity index (χ0v) is 17.2. The molecule has 0 aliphatic carbocycles. The number of sulfone groups is 1. The third-order valence-corrected chi connectivity index (χ3v) is 6.70. The standard InChI is InChI=1S/C20H19N3O4S2/c1-2-14-7-6-8-15(11-14)22-18(24)13-28-20-21-12-17(19(25)23-20)29(26,27)16-9-4-3-5-10-16/h3-12H,2,13H2,1H3,(H,22,24)(H,21,23,25). The largest absolute Gasteiger partial charge is 0.325 e. The first-order valence-electron chi connectivity index (χ1n) is 8.81. The predicted octanol–water partition coefficient (Wildman–Crippen LogP) is 2.90. The van der Waals surface area contributed by atoms with Crippen LogP contribution >= 0.6 is 11.8 Å². The topological polar surface area (TPSA) is 109 Å². The zero-order chi connectivity index (χ0) is 20.9. The minimum atomic E-state index is -3.96. The Morgan fingerprint density at radius 1 is 1.14 bits per heavy atom. The second kappa shape index (κ2) is 9.06. The van der Waals surface area contributed by atoms with Crippen LogP contribution in [0.15, 0.2) is 80.5 Å². The quantitative estimate of drug-likeness (QED) is 0.442. The van der Waals surface area contributed by atoms with Crippen molar-refractivity contribution in [3.05, 3.63) is 76.7 Å². The molecule has 2 aromatic carbocycles. The third-order valence-electron chi connectivity index (χ3n) is 4.05. The molecule has 0 aliphatic heterocycles. The van der Waals surface area contributed by atoms with E-state index in [0.29, 0.717) is 5.69 Å². The molecule has 0 fully saturated rings. The normalized spacial score (nSPS) is 11.2. The molecule has 0 atom stereocenters. The van der Waals surface area contributed by atoms with Gasteiger partial charge in [0, 0.05) is 5.69 Å². The Morgan fingerprint density at radius 2 is 1.90 bits per heavy atom. The minimum Gasteiger partial charge on any atom is -0.325 e. The first-order valence-corrected chi connectivity index (χ1v) is 11.3. The van der Waals surface area contributed by atoms with Crippen LogP contribution in [-0.4, -0.2) is 30.0 Å². The number of anilines is 1. The Labute approximate surface area is 172 Å². The summed E-state index contributed by atoms with van der Waals surface area (Å²) in [5.74, 6) is -0.240. The smallest absolute Gasteiger partial charge is 0.270 e. The maximum Gasteiger partial charge on any atom is 0.270 e. The number of aromatic nitrogens is 2. The van der Waals surface area contributed by atoms with Crippen LogP contribution in [0.4, 0.5) is 5.69 Å². The van der Waals surface area contributed by atoms with Crippen molar-refractivity contribution in [2.24, 2.45) is 0 Å². The van der Waals surface area contributed by atoms with E-state index in [2.05, 4.69) is 15.3 Å². The number of hydrogen-bond acceptors (Lipinski definition) is 6. The maximum atomic E-state index is 12.6. The molecule has 1 aromatic heterocycles. The molecule has 0 unspecified atom stereocenters. The van der Waals surface area contributed by atoms with Crippen LogP contribution in [0.1, 0.15) is 12.5 Å². The molecule has 0 saturated carbocycles. The van der Waals surface area contributed by atoms with E-state index in [1.54, 1.807) is 24.3 Å². The molecule has 150 valence electrons. The van der Waals surface area contributed by atoms with Gasteiger partial charge in [-0.3, -0.25) is 9.59 Å². The first-order chi connectivity index (χ1) is 13.9. The predicted molar refractivity (Wildman–Crippen MR) is 112 cm³/mol. The van der Waals surface area contributed by atoms with E-state index in [1.165, 1.54) is 12.1 Å². The average molecular weight is 430 g/mol.